The van der Waals surface area contributed by atoms with E-state index in [-0.39, 0.29) is 18.9 Å². The van der Waals surface area contributed by atoms with E-state index in [1.165, 1.54) is 0 Å². The lowest BCUT2D eigenvalue weighted by Gasteiger charge is -2.16. The number of rotatable bonds is 7. The first kappa shape index (κ1) is 20.9. The Morgan fingerprint density at radius 3 is 1.72 bits per heavy atom. The SMILES string of the molecule is CC(C)COC(=O)CCC(=O)OC(C)c1c(F)c(F)c(F)c(F)c1F. The van der Waals surface area contributed by atoms with Gasteiger partial charge in [0.2, 0.25) is 5.82 Å². The molecule has 140 valence electrons. The second-order valence-corrected chi connectivity index (χ2v) is 5.69. The first-order valence-corrected chi connectivity index (χ1v) is 7.42. The number of benzene rings is 1. The quantitative estimate of drug-likeness (QED) is 0.316. The van der Waals surface area contributed by atoms with E-state index in [2.05, 4.69) is 4.74 Å². The van der Waals surface area contributed by atoms with Crippen LogP contribution in [0.2, 0.25) is 0 Å². The molecule has 0 saturated carbocycles. The molecule has 25 heavy (non-hydrogen) atoms. The van der Waals surface area contributed by atoms with E-state index in [9.17, 15) is 31.5 Å². The molecule has 4 nitrogen and oxygen atoms in total. The highest BCUT2D eigenvalue weighted by molar-refractivity contribution is 5.77. The van der Waals surface area contributed by atoms with Gasteiger partial charge < -0.3 is 9.47 Å². The summed E-state index contributed by atoms with van der Waals surface area (Å²) in [6, 6.07) is 0. The highest BCUT2D eigenvalue weighted by Gasteiger charge is 2.30. The molecule has 0 aromatic heterocycles. The number of carbonyl (C=O) groups excluding carboxylic acids is 2. The summed E-state index contributed by atoms with van der Waals surface area (Å²) in [5.74, 6) is -12.3. The summed E-state index contributed by atoms with van der Waals surface area (Å²) in [4.78, 5) is 22.9. The Morgan fingerprint density at radius 2 is 1.24 bits per heavy atom. The third-order valence-corrected chi connectivity index (χ3v) is 3.07. The van der Waals surface area contributed by atoms with Crippen LogP contribution in [0.4, 0.5) is 22.0 Å². The largest absolute Gasteiger partial charge is 0.465 e. The molecule has 0 heterocycles. The lowest BCUT2D eigenvalue weighted by molar-refractivity contribution is -0.154. The van der Waals surface area contributed by atoms with Gasteiger partial charge in [-0.05, 0) is 12.8 Å². The lowest BCUT2D eigenvalue weighted by atomic mass is 10.1. The zero-order valence-corrected chi connectivity index (χ0v) is 13.8. The van der Waals surface area contributed by atoms with E-state index in [0.717, 1.165) is 6.92 Å². The molecule has 9 heteroatoms. The summed E-state index contributed by atoms with van der Waals surface area (Å²) < 4.78 is 75.9. The van der Waals surface area contributed by atoms with Gasteiger partial charge in [-0.2, -0.15) is 0 Å². The van der Waals surface area contributed by atoms with Crippen molar-refractivity contribution in [3.05, 3.63) is 34.6 Å². The van der Waals surface area contributed by atoms with Crippen LogP contribution in [0.5, 0.6) is 0 Å². The summed E-state index contributed by atoms with van der Waals surface area (Å²) in [6.45, 7) is 4.74. The van der Waals surface area contributed by atoms with Crippen LogP contribution in [0.1, 0.15) is 45.3 Å². The zero-order valence-electron chi connectivity index (χ0n) is 13.8. The minimum atomic E-state index is -2.30. The van der Waals surface area contributed by atoms with E-state index in [1.54, 1.807) is 0 Å². The topological polar surface area (TPSA) is 52.6 Å². The summed E-state index contributed by atoms with van der Waals surface area (Å²) in [6.07, 6.45) is -2.53. The van der Waals surface area contributed by atoms with Crippen molar-refractivity contribution in [1.29, 1.82) is 0 Å². The molecule has 0 aliphatic carbocycles. The first-order chi connectivity index (χ1) is 11.6. The van der Waals surface area contributed by atoms with Gasteiger partial charge in [-0.3, -0.25) is 9.59 Å². The molecule has 0 spiro atoms. The van der Waals surface area contributed by atoms with Crippen LogP contribution in [0, 0.1) is 35.0 Å². The van der Waals surface area contributed by atoms with E-state index in [4.69, 9.17) is 4.74 Å². The molecule has 1 aromatic rings. The molecule has 0 amide bonds. The third kappa shape index (κ3) is 5.40. The van der Waals surface area contributed by atoms with Crippen molar-refractivity contribution in [2.24, 2.45) is 5.92 Å². The molecular formula is C16H17F5O4. The highest BCUT2D eigenvalue weighted by atomic mass is 19.2. The maximum atomic E-state index is 13.6. The molecule has 1 atom stereocenters. The van der Waals surface area contributed by atoms with Crippen LogP contribution in [-0.4, -0.2) is 18.5 Å². The van der Waals surface area contributed by atoms with E-state index < -0.39 is 59.1 Å². The Bertz CT molecular complexity index is 631. The van der Waals surface area contributed by atoms with Crippen molar-refractivity contribution in [1.82, 2.24) is 0 Å². The van der Waals surface area contributed by atoms with Gasteiger partial charge in [0.05, 0.1) is 25.0 Å². The minimum absolute atomic E-state index is 0.102. The smallest absolute Gasteiger partial charge is 0.306 e. The van der Waals surface area contributed by atoms with Crippen molar-refractivity contribution in [2.75, 3.05) is 6.61 Å². The maximum Gasteiger partial charge on any atom is 0.306 e. The number of halogens is 5. The Balaban J connectivity index is 2.72. The van der Waals surface area contributed by atoms with Gasteiger partial charge in [-0.15, -0.1) is 0 Å². The third-order valence-electron chi connectivity index (χ3n) is 3.07. The Kier molecular flexibility index (Phi) is 7.32. The van der Waals surface area contributed by atoms with Crippen LogP contribution < -0.4 is 0 Å². The second-order valence-electron chi connectivity index (χ2n) is 5.69. The Labute approximate surface area is 140 Å². The van der Waals surface area contributed by atoms with Crippen molar-refractivity contribution in [3.8, 4) is 0 Å². The number of esters is 2. The predicted molar refractivity (Wildman–Crippen MR) is 75.8 cm³/mol. The molecule has 1 aromatic carbocycles. The van der Waals surface area contributed by atoms with Gasteiger partial charge in [0, 0.05) is 0 Å². The first-order valence-electron chi connectivity index (χ1n) is 7.42. The summed E-state index contributed by atoms with van der Waals surface area (Å²) in [5.41, 5.74) is -1.26. The molecule has 0 N–H and O–H groups in total. The fourth-order valence-electron chi connectivity index (χ4n) is 1.83. The van der Waals surface area contributed by atoms with Gasteiger partial charge in [0.15, 0.2) is 23.3 Å². The molecular weight excluding hydrogens is 351 g/mol. The van der Waals surface area contributed by atoms with Gasteiger partial charge in [-0.1, -0.05) is 13.8 Å². The average Bonchev–Trinajstić information content (AvgIpc) is 2.54. The minimum Gasteiger partial charge on any atom is -0.465 e. The molecule has 0 bridgehead atoms. The number of ether oxygens (including phenoxy) is 2. The molecule has 0 radical (unpaired) electrons. The predicted octanol–water partition coefficient (Wildman–Crippen LogP) is 3.97. The van der Waals surface area contributed by atoms with Crippen LogP contribution in [0.15, 0.2) is 0 Å². The monoisotopic (exact) mass is 368 g/mol. The van der Waals surface area contributed by atoms with Crippen molar-refractivity contribution < 1.29 is 41.0 Å². The summed E-state index contributed by atoms with van der Waals surface area (Å²) in [5, 5.41) is 0. The fraction of sp³-hybridized carbons (Fsp3) is 0.500. The molecule has 1 unspecified atom stereocenters. The molecule has 0 saturated heterocycles. The van der Waals surface area contributed by atoms with Gasteiger partial charge in [0.1, 0.15) is 6.10 Å². The molecule has 0 fully saturated rings. The van der Waals surface area contributed by atoms with E-state index >= 15 is 0 Å². The van der Waals surface area contributed by atoms with Crippen LogP contribution in [-0.2, 0) is 19.1 Å². The van der Waals surface area contributed by atoms with Crippen molar-refractivity contribution >= 4 is 11.9 Å². The molecule has 0 aliphatic heterocycles. The maximum absolute atomic E-state index is 13.6. The lowest BCUT2D eigenvalue weighted by Crippen LogP contribution is -2.17. The average molecular weight is 368 g/mol. The second kappa shape index (κ2) is 8.77. The van der Waals surface area contributed by atoms with Gasteiger partial charge >= 0.3 is 11.9 Å². The van der Waals surface area contributed by atoms with E-state index in [1.807, 2.05) is 13.8 Å². The number of hydrogen-bond donors (Lipinski definition) is 0. The summed E-state index contributed by atoms with van der Waals surface area (Å²) >= 11 is 0. The van der Waals surface area contributed by atoms with Crippen molar-refractivity contribution in [2.45, 2.75) is 39.7 Å². The van der Waals surface area contributed by atoms with E-state index in [0.29, 0.717) is 0 Å². The molecule has 0 aliphatic rings. The van der Waals surface area contributed by atoms with Crippen LogP contribution in [0.25, 0.3) is 0 Å². The highest BCUT2D eigenvalue weighted by Crippen LogP contribution is 2.29. The number of carbonyl (C=O) groups is 2. The Morgan fingerprint density at radius 1 is 0.800 bits per heavy atom. The van der Waals surface area contributed by atoms with Gasteiger partial charge in [0.25, 0.3) is 0 Å². The molecule has 1 rings (SSSR count). The number of hydrogen-bond acceptors (Lipinski definition) is 4. The van der Waals surface area contributed by atoms with Crippen LogP contribution >= 0.6 is 0 Å². The zero-order chi connectivity index (χ0) is 19.3. The summed E-state index contributed by atoms with van der Waals surface area (Å²) in [7, 11) is 0. The fourth-order valence-corrected chi connectivity index (χ4v) is 1.83. The standard InChI is InChI=1S/C16H17F5O4/c1-7(2)6-24-9(22)4-5-10(23)25-8(3)11-12(17)14(19)16(21)15(20)13(11)18/h7-8H,4-6H2,1-3H3. The van der Waals surface area contributed by atoms with Gasteiger partial charge in [-0.25, -0.2) is 22.0 Å². The van der Waals surface area contributed by atoms with Crippen molar-refractivity contribution in [3.63, 3.8) is 0 Å². The van der Waals surface area contributed by atoms with Crippen LogP contribution in [0.3, 0.4) is 0 Å². The normalized spacial score (nSPS) is 12.2. The Hall–Kier alpha value is -2.19.